The lowest BCUT2D eigenvalue weighted by molar-refractivity contribution is 0.0973. The van der Waals surface area contributed by atoms with E-state index in [-0.39, 0.29) is 12.0 Å². The molecular weight excluding hydrogens is 296 g/mol. The molecule has 1 aromatic carbocycles. The van der Waals surface area contributed by atoms with Crippen LogP contribution in [0.4, 0.5) is 0 Å². The van der Waals surface area contributed by atoms with Crippen LogP contribution in [0.15, 0.2) is 24.3 Å². The Kier molecular flexibility index (Phi) is 7.88. The van der Waals surface area contributed by atoms with Crippen LogP contribution in [-0.2, 0) is 0 Å². The van der Waals surface area contributed by atoms with E-state index in [1.54, 1.807) is 24.3 Å². The number of thiocarbonyl (C=S) groups is 1. The molecule has 0 spiro atoms. The van der Waals surface area contributed by atoms with E-state index in [9.17, 15) is 4.79 Å². The molecule has 0 saturated heterocycles. The Morgan fingerprint density at radius 3 is 2.18 bits per heavy atom. The molecule has 0 heterocycles. The second-order valence-corrected chi connectivity index (χ2v) is 5.82. The topological polar surface area (TPSA) is 41.6 Å². The van der Waals surface area contributed by atoms with Crippen molar-refractivity contribution in [1.82, 2.24) is 10.2 Å². The molecule has 1 amide bonds. The standard InChI is InChI=1S/C17H26N2O2S/c1-5-11-19(12-6-2)17(22)18-16(20)14-7-9-15(10-8-14)21-13(3)4/h7-10,13H,5-6,11-12H2,1-4H3,(H,18,20,22). The third-order valence-electron chi connectivity index (χ3n) is 2.98. The zero-order valence-electron chi connectivity index (χ0n) is 13.9. The zero-order chi connectivity index (χ0) is 16.5. The molecular formula is C17H26N2O2S. The van der Waals surface area contributed by atoms with Crippen molar-refractivity contribution >= 4 is 23.2 Å². The van der Waals surface area contributed by atoms with Crippen LogP contribution in [0.2, 0.25) is 0 Å². The van der Waals surface area contributed by atoms with Gasteiger partial charge in [0.25, 0.3) is 5.91 Å². The highest BCUT2D eigenvalue weighted by Gasteiger charge is 2.13. The Morgan fingerprint density at radius 1 is 1.18 bits per heavy atom. The lowest BCUT2D eigenvalue weighted by atomic mass is 10.2. The average molecular weight is 322 g/mol. The highest BCUT2D eigenvalue weighted by molar-refractivity contribution is 7.80. The van der Waals surface area contributed by atoms with Crippen molar-refractivity contribution in [1.29, 1.82) is 0 Å². The van der Waals surface area contributed by atoms with Crippen LogP contribution in [0.25, 0.3) is 0 Å². The van der Waals surface area contributed by atoms with Crippen LogP contribution in [-0.4, -0.2) is 35.1 Å². The van der Waals surface area contributed by atoms with Crippen molar-refractivity contribution in [3.05, 3.63) is 29.8 Å². The monoisotopic (exact) mass is 322 g/mol. The van der Waals surface area contributed by atoms with E-state index >= 15 is 0 Å². The van der Waals surface area contributed by atoms with Crippen molar-refractivity contribution in [3.8, 4) is 5.75 Å². The van der Waals surface area contributed by atoms with Gasteiger partial charge in [0.15, 0.2) is 5.11 Å². The lowest BCUT2D eigenvalue weighted by Gasteiger charge is -2.24. The minimum atomic E-state index is -0.182. The highest BCUT2D eigenvalue weighted by Crippen LogP contribution is 2.13. The Hall–Kier alpha value is -1.62. The number of nitrogens with one attached hydrogen (secondary N) is 1. The summed E-state index contributed by atoms with van der Waals surface area (Å²) in [5.41, 5.74) is 0.575. The molecule has 0 unspecified atom stereocenters. The van der Waals surface area contributed by atoms with Gasteiger partial charge in [0.2, 0.25) is 0 Å². The molecule has 1 aromatic rings. The average Bonchev–Trinajstić information content (AvgIpc) is 2.47. The van der Waals surface area contributed by atoms with E-state index in [2.05, 4.69) is 19.2 Å². The first kappa shape index (κ1) is 18.4. The molecule has 0 atom stereocenters. The maximum absolute atomic E-state index is 12.2. The normalized spacial score (nSPS) is 10.4. The number of nitrogens with zero attached hydrogens (tertiary/aromatic N) is 1. The summed E-state index contributed by atoms with van der Waals surface area (Å²) in [5.74, 6) is 0.575. The molecule has 4 nitrogen and oxygen atoms in total. The number of rotatable bonds is 7. The van der Waals surface area contributed by atoms with Crippen molar-refractivity contribution in [2.75, 3.05) is 13.1 Å². The van der Waals surface area contributed by atoms with Gasteiger partial charge in [-0.3, -0.25) is 10.1 Å². The third-order valence-corrected chi connectivity index (χ3v) is 3.34. The number of benzene rings is 1. The van der Waals surface area contributed by atoms with Crippen molar-refractivity contribution in [2.24, 2.45) is 0 Å². The van der Waals surface area contributed by atoms with Crippen LogP contribution in [0, 0.1) is 0 Å². The summed E-state index contributed by atoms with van der Waals surface area (Å²) in [5, 5.41) is 3.30. The fraction of sp³-hybridized carbons (Fsp3) is 0.529. The molecule has 0 aliphatic rings. The molecule has 0 aliphatic heterocycles. The van der Waals surface area contributed by atoms with Gasteiger partial charge in [-0.1, -0.05) is 13.8 Å². The summed E-state index contributed by atoms with van der Waals surface area (Å²) >= 11 is 5.33. The van der Waals surface area contributed by atoms with Gasteiger partial charge in [0.05, 0.1) is 6.10 Å². The summed E-state index contributed by atoms with van der Waals surface area (Å²) < 4.78 is 5.57. The molecule has 1 rings (SSSR count). The molecule has 22 heavy (non-hydrogen) atoms. The summed E-state index contributed by atoms with van der Waals surface area (Å²) in [7, 11) is 0. The van der Waals surface area contributed by atoms with Crippen LogP contribution in [0.1, 0.15) is 50.9 Å². The van der Waals surface area contributed by atoms with E-state index in [1.807, 2.05) is 18.7 Å². The minimum absolute atomic E-state index is 0.115. The Bertz CT molecular complexity index is 480. The minimum Gasteiger partial charge on any atom is -0.491 e. The largest absolute Gasteiger partial charge is 0.491 e. The Balaban J connectivity index is 2.65. The molecule has 0 bridgehead atoms. The number of carbonyl (C=O) groups is 1. The van der Waals surface area contributed by atoms with E-state index in [4.69, 9.17) is 17.0 Å². The quantitative estimate of drug-likeness (QED) is 0.779. The first-order valence-corrected chi connectivity index (χ1v) is 8.25. The Morgan fingerprint density at radius 2 is 1.73 bits per heavy atom. The maximum Gasteiger partial charge on any atom is 0.257 e. The van der Waals surface area contributed by atoms with Crippen LogP contribution >= 0.6 is 12.2 Å². The fourth-order valence-corrected chi connectivity index (χ4v) is 2.34. The first-order valence-electron chi connectivity index (χ1n) is 7.84. The van der Waals surface area contributed by atoms with Crippen molar-refractivity contribution < 1.29 is 9.53 Å². The SMILES string of the molecule is CCCN(CCC)C(=S)NC(=O)c1ccc(OC(C)C)cc1. The molecule has 122 valence electrons. The molecule has 0 aromatic heterocycles. The lowest BCUT2D eigenvalue weighted by Crippen LogP contribution is -2.43. The Labute approximate surface area is 138 Å². The second kappa shape index (κ2) is 9.41. The van der Waals surface area contributed by atoms with E-state index in [0.29, 0.717) is 10.7 Å². The molecule has 0 radical (unpaired) electrons. The summed E-state index contributed by atoms with van der Waals surface area (Å²) in [6.07, 6.45) is 2.11. The van der Waals surface area contributed by atoms with Crippen molar-refractivity contribution in [2.45, 2.75) is 46.6 Å². The van der Waals surface area contributed by atoms with Crippen molar-refractivity contribution in [3.63, 3.8) is 0 Å². The molecule has 1 N–H and O–H groups in total. The van der Waals surface area contributed by atoms with Gasteiger partial charge in [-0.2, -0.15) is 0 Å². The smallest absolute Gasteiger partial charge is 0.257 e. The van der Waals surface area contributed by atoms with Gasteiger partial charge in [-0.05, 0) is 63.2 Å². The van der Waals surface area contributed by atoms with E-state index in [0.717, 1.165) is 31.7 Å². The van der Waals surface area contributed by atoms with E-state index in [1.165, 1.54) is 0 Å². The van der Waals surface area contributed by atoms with Crippen LogP contribution in [0.3, 0.4) is 0 Å². The van der Waals surface area contributed by atoms with Gasteiger partial charge in [-0.25, -0.2) is 0 Å². The third kappa shape index (κ3) is 6.02. The van der Waals surface area contributed by atoms with Gasteiger partial charge >= 0.3 is 0 Å². The summed E-state index contributed by atoms with van der Waals surface area (Å²) in [6, 6.07) is 7.10. The van der Waals surface area contributed by atoms with Gasteiger partial charge in [0, 0.05) is 18.7 Å². The van der Waals surface area contributed by atoms with Crippen LogP contribution < -0.4 is 10.1 Å². The number of hydrogen-bond acceptors (Lipinski definition) is 3. The predicted octanol–water partition coefficient (Wildman–Crippen LogP) is 3.61. The van der Waals surface area contributed by atoms with Gasteiger partial charge < -0.3 is 9.64 Å². The summed E-state index contributed by atoms with van der Waals surface area (Å²) in [6.45, 7) is 9.84. The first-order chi connectivity index (χ1) is 10.5. The number of ether oxygens (including phenoxy) is 1. The van der Waals surface area contributed by atoms with Gasteiger partial charge in [0.1, 0.15) is 5.75 Å². The summed E-state index contributed by atoms with van der Waals surface area (Å²) in [4.78, 5) is 14.3. The number of carbonyl (C=O) groups excluding carboxylic acids is 1. The van der Waals surface area contributed by atoms with Crippen LogP contribution in [0.5, 0.6) is 5.75 Å². The number of hydrogen-bond donors (Lipinski definition) is 1. The molecule has 0 fully saturated rings. The van der Waals surface area contributed by atoms with E-state index < -0.39 is 0 Å². The zero-order valence-corrected chi connectivity index (χ0v) is 14.7. The molecule has 0 saturated carbocycles. The van der Waals surface area contributed by atoms with Gasteiger partial charge in [-0.15, -0.1) is 0 Å². The molecule has 5 heteroatoms. The maximum atomic E-state index is 12.2. The second-order valence-electron chi connectivity index (χ2n) is 5.44. The highest BCUT2D eigenvalue weighted by atomic mass is 32.1. The predicted molar refractivity (Wildman–Crippen MR) is 94.4 cm³/mol. The molecule has 0 aliphatic carbocycles. The number of amides is 1. The fourth-order valence-electron chi connectivity index (χ4n) is 2.06.